The van der Waals surface area contributed by atoms with Crippen molar-refractivity contribution in [2.45, 2.75) is 12.5 Å². The molecule has 0 aliphatic carbocycles. The molecular formula is C15H17N3O2. The minimum Gasteiger partial charge on any atom is -0.478 e. The van der Waals surface area contributed by atoms with Gasteiger partial charge in [-0.1, -0.05) is 6.07 Å². The maximum absolute atomic E-state index is 11.2. The molecule has 0 saturated carbocycles. The molecule has 0 spiro atoms. The number of anilines is 1. The van der Waals surface area contributed by atoms with Gasteiger partial charge in [-0.05, 0) is 44.3 Å². The molecule has 1 aromatic carbocycles. The van der Waals surface area contributed by atoms with E-state index in [1.54, 1.807) is 12.1 Å². The molecule has 2 aromatic rings. The Bertz CT molecular complexity index is 657. The van der Waals surface area contributed by atoms with Gasteiger partial charge in [-0.25, -0.2) is 9.78 Å². The SMILES string of the molecule is CN1CCC(Nc2ccc3c(C(=O)O)cccc3n2)C1. The fourth-order valence-corrected chi connectivity index (χ4v) is 2.68. The van der Waals surface area contributed by atoms with Crippen molar-refractivity contribution in [1.82, 2.24) is 9.88 Å². The van der Waals surface area contributed by atoms with E-state index in [0.29, 0.717) is 22.5 Å². The number of rotatable bonds is 3. The summed E-state index contributed by atoms with van der Waals surface area (Å²) in [6, 6.07) is 9.26. The number of carboxylic acid groups (broad SMARTS) is 1. The third kappa shape index (κ3) is 2.44. The zero-order valence-corrected chi connectivity index (χ0v) is 11.3. The van der Waals surface area contributed by atoms with Crippen molar-refractivity contribution < 1.29 is 9.90 Å². The lowest BCUT2D eigenvalue weighted by Gasteiger charge is -2.14. The molecule has 0 amide bonds. The molecule has 0 radical (unpaired) electrons. The van der Waals surface area contributed by atoms with Crippen LogP contribution in [-0.2, 0) is 0 Å². The van der Waals surface area contributed by atoms with Crippen LogP contribution in [0.25, 0.3) is 10.9 Å². The van der Waals surface area contributed by atoms with Gasteiger partial charge in [0.2, 0.25) is 0 Å². The van der Waals surface area contributed by atoms with Gasteiger partial charge in [0.15, 0.2) is 0 Å². The van der Waals surface area contributed by atoms with Gasteiger partial charge in [0.05, 0.1) is 11.1 Å². The van der Waals surface area contributed by atoms with Gasteiger partial charge in [-0.15, -0.1) is 0 Å². The number of nitrogens with one attached hydrogen (secondary N) is 1. The predicted molar refractivity (Wildman–Crippen MR) is 78.2 cm³/mol. The van der Waals surface area contributed by atoms with Crippen molar-refractivity contribution in [3.63, 3.8) is 0 Å². The predicted octanol–water partition coefficient (Wildman–Crippen LogP) is 2.05. The number of likely N-dealkylation sites (N-methyl/N-ethyl adjacent to an activating group) is 1. The number of pyridine rings is 1. The van der Waals surface area contributed by atoms with E-state index >= 15 is 0 Å². The van der Waals surface area contributed by atoms with Crippen LogP contribution in [0.4, 0.5) is 5.82 Å². The molecule has 1 unspecified atom stereocenters. The van der Waals surface area contributed by atoms with E-state index in [0.717, 1.165) is 25.3 Å². The van der Waals surface area contributed by atoms with Crippen LogP contribution in [0.3, 0.4) is 0 Å². The number of nitrogens with zero attached hydrogens (tertiary/aromatic N) is 2. The summed E-state index contributed by atoms with van der Waals surface area (Å²) < 4.78 is 0. The lowest BCUT2D eigenvalue weighted by atomic mass is 10.1. The molecule has 1 aliphatic rings. The van der Waals surface area contributed by atoms with Crippen LogP contribution in [0.15, 0.2) is 30.3 Å². The first kappa shape index (κ1) is 12.9. The second-order valence-electron chi connectivity index (χ2n) is 5.27. The third-order valence-corrected chi connectivity index (χ3v) is 3.71. The van der Waals surface area contributed by atoms with E-state index in [2.05, 4.69) is 22.2 Å². The van der Waals surface area contributed by atoms with E-state index in [-0.39, 0.29) is 0 Å². The lowest BCUT2D eigenvalue weighted by Crippen LogP contribution is -2.23. The Balaban J connectivity index is 1.89. The number of fused-ring (bicyclic) bond motifs is 1. The van der Waals surface area contributed by atoms with Gasteiger partial charge in [-0.3, -0.25) is 0 Å². The Morgan fingerprint density at radius 3 is 2.95 bits per heavy atom. The monoisotopic (exact) mass is 271 g/mol. The molecule has 0 bridgehead atoms. The van der Waals surface area contributed by atoms with Crippen molar-refractivity contribution in [3.05, 3.63) is 35.9 Å². The first-order valence-electron chi connectivity index (χ1n) is 6.71. The van der Waals surface area contributed by atoms with E-state index in [4.69, 9.17) is 5.11 Å². The number of carbonyl (C=O) groups is 1. The smallest absolute Gasteiger partial charge is 0.336 e. The molecule has 20 heavy (non-hydrogen) atoms. The van der Waals surface area contributed by atoms with Crippen LogP contribution in [0, 0.1) is 0 Å². The maximum Gasteiger partial charge on any atom is 0.336 e. The normalized spacial score (nSPS) is 19.4. The van der Waals surface area contributed by atoms with Crippen LogP contribution in [0.1, 0.15) is 16.8 Å². The van der Waals surface area contributed by atoms with E-state index < -0.39 is 5.97 Å². The van der Waals surface area contributed by atoms with Crippen molar-refractivity contribution in [2.24, 2.45) is 0 Å². The van der Waals surface area contributed by atoms with Gasteiger partial charge in [0.25, 0.3) is 0 Å². The van der Waals surface area contributed by atoms with Crippen LogP contribution >= 0.6 is 0 Å². The summed E-state index contributed by atoms with van der Waals surface area (Å²) in [5.41, 5.74) is 1.00. The van der Waals surface area contributed by atoms with Gasteiger partial charge in [0.1, 0.15) is 5.82 Å². The second-order valence-corrected chi connectivity index (χ2v) is 5.27. The quantitative estimate of drug-likeness (QED) is 0.894. The molecule has 3 rings (SSSR count). The molecule has 1 atom stereocenters. The molecule has 5 nitrogen and oxygen atoms in total. The number of aromatic carboxylic acids is 1. The molecule has 1 aromatic heterocycles. The molecule has 1 saturated heterocycles. The van der Waals surface area contributed by atoms with Crippen LogP contribution < -0.4 is 5.32 Å². The summed E-state index contributed by atoms with van der Waals surface area (Å²) in [5, 5.41) is 13.2. The van der Waals surface area contributed by atoms with E-state index in [1.807, 2.05) is 18.2 Å². The van der Waals surface area contributed by atoms with Crippen molar-refractivity contribution in [2.75, 3.05) is 25.5 Å². The Morgan fingerprint density at radius 2 is 2.25 bits per heavy atom. The van der Waals surface area contributed by atoms with Gasteiger partial charge in [-0.2, -0.15) is 0 Å². The van der Waals surface area contributed by atoms with Gasteiger partial charge >= 0.3 is 5.97 Å². The number of aromatic nitrogens is 1. The summed E-state index contributed by atoms with van der Waals surface area (Å²) in [6.45, 7) is 2.10. The minimum atomic E-state index is -0.921. The Morgan fingerprint density at radius 1 is 1.40 bits per heavy atom. The molecule has 1 fully saturated rings. The third-order valence-electron chi connectivity index (χ3n) is 3.71. The summed E-state index contributed by atoms with van der Waals surface area (Å²) >= 11 is 0. The van der Waals surface area contributed by atoms with Crippen molar-refractivity contribution in [1.29, 1.82) is 0 Å². The average molecular weight is 271 g/mol. The highest BCUT2D eigenvalue weighted by Gasteiger charge is 2.19. The standard InChI is InChI=1S/C15H17N3O2/c1-18-8-7-10(9-18)16-14-6-5-11-12(15(19)20)3-2-4-13(11)17-14/h2-6,10H,7-9H2,1H3,(H,16,17)(H,19,20). The molecule has 104 valence electrons. The summed E-state index contributed by atoms with van der Waals surface area (Å²) in [4.78, 5) is 18.0. The van der Waals surface area contributed by atoms with Crippen LogP contribution in [0.2, 0.25) is 0 Å². The molecule has 1 aliphatic heterocycles. The Labute approximate surface area is 117 Å². The molecule has 5 heteroatoms. The average Bonchev–Trinajstić information content (AvgIpc) is 2.83. The first-order chi connectivity index (χ1) is 9.63. The fraction of sp³-hybridized carbons (Fsp3) is 0.333. The first-order valence-corrected chi connectivity index (χ1v) is 6.71. The minimum absolute atomic E-state index is 0.294. The van der Waals surface area contributed by atoms with Crippen LogP contribution in [-0.4, -0.2) is 47.1 Å². The topological polar surface area (TPSA) is 65.5 Å². The highest BCUT2D eigenvalue weighted by Crippen LogP contribution is 2.21. The summed E-state index contributed by atoms with van der Waals surface area (Å²) in [6.07, 6.45) is 1.10. The lowest BCUT2D eigenvalue weighted by molar-refractivity contribution is 0.0699. The molecule has 2 heterocycles. The second kappa shape index (κ2) is 5.09. The van der Waals surface area contributed by atoms with Crippen molar-refractivity contribution >= 4 is 22.7 Å². The number of hydrogen-bond donors (Lipinski definition) is 2. The van der Waals surface area contributed by atoms with Gasteiger partial charge in [0, 0.05) is 18.0 Å². The Kier molecular flexibility index (Phi) is 3.28. The number of hydrogen-bond acceptors (Lipinski definition) is 4. The number of carboxylic acids is 1. The Hall–Kier alpha value is -2.14. The molecular weight excluding hydrogens is 254 g/mol. The maximum atomic E-state index is 11.2. The van der Waals surface area contributed by atoms with Gasteiger partial charge < -0.3 is 15.3 Å². The fourth-order valence-electron chi connectivity index (χ4n) is 2.68. The molecule has 2 N–H and O–H groups in total. The zero-order chi connectivity index (χ0) is 14.1. The summed E-state index contributed by atoms with van der Waals surface area (Å²) in [7, 11) is 2.11. The zero-order valence-electron chi connectivity index (χ0n) is 11.3. The summed E-state index contributed by atoms with van der Waals surface area (Å²) in [5.74, 6) is -0.115. The van der Waals surface area contributed by atoms with E-state index in [1.165, 1.54) is 0 Å². The van der Waals surface area contributed by atoms with Crippen LogP contribution in [0.5, 0.6) is 0 Å². The highest BCUT2D eigenvalue weighted by atomic mass is 16.4. The largest absolute Gasteiger partial charge is 0.478 e. The van der Waals surface area contributed by atoms with E-state index in [9.17, 15) is 4.79 Å². The number of likely N-dealkylation sites (tertiary alicyclic amines) is 1. The van der Waals surface area contributed by atoms with Crippen molar-refractivity contribution in [3.8, 4) is 0 Å². The number of benzene rings is 1. The highest BCUT2D eigenvalue weighted by molar-refractivity contribution is 6.02.